The average molecular weight is 453 g/mol. The van der Waals surface area contributed by atoms with Gasteiger partial charge in [-0.3, -0.25) is 4.79 Å². The minimum atomic E-state index is -3.72. The van der Waals surface area contributed by atoms with E-state index in [1.54, 1.807) is 12.1 Å². The number of hydrogen-bond acceptors (Lipinski definition) is 4. The van der Waals surface area contributed by atoms with Crippen molar-refractivity contribution in [3.63, 3.8) is 0 Å². The molecule has 3 atom stereocenters. The van der Waals surface area contributed by atoms with Gasteiger partial charge in [0.1, 0.15) is 0 Å². The highest BCUT2D eigenvalue weighted by Gasteiger charge is 2.32. The van der Waals surface area contributed by atoms with E-state index in [-0.39, 0.29) is 29.1 Å². The summed E-state index contributed by atoms with van der Waals surface area (Å²) in [4.78, 5) is 13.1. The molecule has 1 saturated heterocycles. The third-order valence-electron chi connectivity index (χ3n) is 5.76. The molecule has 1 aliphatic heterocycles. The average Bonchev–Trinajstić information content (AvgIpc) is 2.78. The van der Waals surface area contributed by atoms with Crippen LogP contribution in [0.15, 0.2) is 71.6 Å². The van der Waals surface area contributed by atoms with Gasteiger partial charge in [-0.25, -0.2) is 8.42 Å². The van der Waals surface area contributed by atoms with Crippen molar-refractivity contribution in [2.24, 2.45) is 0 Å². The summed E-state index contributed by atoms with van der Waals surface area (Å²) in [6.45, 7) is 6.23. The second-order valence-electron chi connectivity index (χ2n) is 8.37. The number of carbonyl (C=O) groups excluding carboxylic acids is 1. The van der Waals surface area contributed by atoms with Gasteiger partial charge in [0, 0.05) is 18.7 Å². The molecule has 32 heavy (non-hydrogen) atoms. The van der Waals surface area contributed by atoms with E-state index in [2.05, 4.69) is 5.32 Å². The maximum atomic E-state index is 13.2. The van der Waals surface area contributed by atoms with Crippen molar-refractivity contribution in [3.05, 3.63) is 77.9 Å². The Morgan fingerprint density at radius 3 is 2.41 bits per heavy atom. The summed E-state index contributed by atoms with van der Waals surface area (Å²) in [6, 6.07) is 20.0. The fourth-order valence-corrected chi connectivity index (χ4v) is 5.90. The summed E-state index contributed by atoms with van der Waals surface area (Å²) in [7, 11) is -3.72. The van der Waals surface area contributed by atoms with Gasteiger partial charge in [-0.05, 0) is 55.3 Å². The van der Waals surface area contributed by atoms with Gasteiger partial charge in [0.05, 0.1) is 23.1 Å². The van der Waals surface area contributed by atoms with Crippen LogP contribution in [0.2, 0.25) is 0 Å². The Hall–Kier alpha value is -2.74. The van der Waals surface area contributed by atoms with Gasteiger partial charge in [0.15, 0.2) is 0 Å². The Kier molecular flexibility index (Phi) is 6.33. The van der Waals surface area contributed by atoms with Gasteiger partial charge in [0.25, 0.3) is 5.91 Å². The standard InChI is InChI=1S/C25H28N2O4S/c1-17-15-27(16-18(2)31-17)32(29,30)22-11-6-10-21(14-22)25(28)26-19(3)23-13-7-9-20-8-4-5-12-24(20)23/h4-14,17-19H,15-16H2,1-3H3,(H,26,28). The summed E-state index contributed by atoms with van der Waals surface area (Å²) < 4.78 is 33.5. The lowest BCUT2D eigenvalue weighted by Gasteiger charge is -2.34. The molecule has 0 aromatic heterocycles. The van der Waals surface area contributed by atoms with Crippen molar-refractivity contribution in [1.29, 1.82) is 0 Å². The highest BCUT2D eigenvalue weighted by atomic mass is 32.2. The van der Waals surface area contributed by atoms with E-state index in [1.165, 1.54) is 16.4 Å². The molecule has 3 unspecified atom stereocenters. The summed E-state index contributed by atoms with van der Waals surface area (Å²) in [5, 5.41) is 5.19. The monoisotopic (exact) mass is 452 g/mol. The van der Waals surface area contributed by atoms with Gasteiger partial charge in [-0.1, -0.05) is 48.5 Å². The van der Waals surface area contributed by atoms with Gasteiger partial charge in [-0.15, -0.1) is 0 Å². The number of sulfonamides is 1. The van der Waals surface area contributed by atoms with Crippen LogP contribution >= 0.6 is 0 Å². The van der Waals surface area contributed by atoms with E-state index in [0.29, 0.717) is 18.7 Å². The van der Waals surface area contributed by atoms with E-state index in [9.17, 15) is 13.2 Å². The van der Waals surface area contributed by atoms with Gasteiger partial charge in [0.2, 0.25) is 10.0 Å². The zero-order valence-corrected chi connectivity index (χ0v) is 19.3. The smallest absolute Gasteiger partial charge is 0.251 e. The predicted molar refractivity (Wildman–Crippen MR) is 125 cm³/mol. The van der Waals surface area contributed by atoms with Crippen molar-refractivity contribution in [3.8, 4) is 0 Å². The number of amides is 1. The number of morpholine rings is 1. The number of nitrogens with zero attached hydrogens (tertiary/aromatic N) is 1. The zero-order chi connectivity index (χ0) is 22.9. The summed E-state index contributed by atoms with van der Waals surface area (Å²) in [5.41, 5.74) is 1.32. The van der Waals surface area contributed by atoms with Crippen molar-refractivity contribution in [2.75, 3.05) is 13.1 Å². The van der Waals surface area contributed by atoms with Crippen LogP contribution in [0.5, 0.6) is 0 Å². The van der Waals surface area contributed by atoms with Gasteiger partial charge in [-0.2, -0.15) is 4.31 Å². The number of hydrogen-bond donors (Lipinski definition) is 1. The second-order valence-corrected chi connectivity index (χ2v) is 10.3. The predicted octanol–water partition coefficient (Wildman–Crippen LogP) is 4.13. The fraction of sp³-hybridized carbons (Fsp3) is 0.320. The van der Waals surface area contributed by atoms with Crippen LogP contribution in [-0.4, -0.2) is 43.9 Å². The van der Waals surface area contributed by atoms with Crippen molar-refractivity contribution in [1.82, 2.24) is 9.62 Å². The third-order valence-corrected chi connectivity index (χ3v) is 7.59. The maximum absolute atomic E-state index is 13.2. The molecule has 1 heterocycles. The number of ether oxygens (including phenoxy) is 1. The molecule has 3 aromatic rings. The number of carbonyl (C=O) groups is 1. The normalized spacial score (nSPS) is 20.7. The van der Waals surface area contributed by atoms with E-state index in [1.807, 2.05) is 63.2 Å². The molecule has 0 saturated carbocycles. The molecule has 4 rings (SSSR count). The lowest BCUT2D eigenvalue weighted by Crippen LogP contribution is -2.48. The van der Waals surface area contributed by atoms with Gasteiger partial charge >= 0.3 is 0 Å². The molecule has 168 valence electrons. The molecular weight excluding hydrogens is 424 g/mol. The van der Waals surface area contributed by atoms with Crippen LogP contribution in [0.25, 0.3) is 10.8 Å². The van der Waals surface area contributed by atoms with E-state index in [0.717, 1.165) is 16.3 Å². The minimum absolute atomic E-state index is 0.115. The van der Waals surface area contributed by atoms with Crippen LogP contribution in [0.4, 0.5) is 0 Å². The largest absolute Gasteiger partial charge is 0.373 e. The molecule has 0 aliphatic carbocycles. The Labute approximate surface area is 189 Å². The third kappa shape index (κ3) is 4.55. The quantitative estimate of drug-likeness (QED) is 0.632. The molecule has 6 nitrogen and oxygen atoms in total. The topological polar surface area (TPSA) is 75.7 Å². The van der Waals surface area contributed by atoms with Crippen molar-refractivity contribution in [2.45, 2.75) is 43.9 Å². The molecule has 1 amide bonds. The molecule has 1 fully saturated rings. The second kappa shape index (κ2) is 9.02. The molecule has 1 N–H and O–H groups in total. The Balaban J connectivity index is 1.56. The molecular formula is C25H28N2O4S. The van der Waals surface area contributed by atoms with E-state index < -0.39 is 10.0 Å². The highest BCUT2D eigenvalue weighted by Crippen LogP contribution is 2.25. The van der Waals surface area contributed by atoms with Crippen molar-refractivity contribution < 1.29 is 17.9 Å². The van der Waals surface area contributed by atoms with Crippen LogP contribution in [0, 0.1) is 0 Å². The first kappa shape index (κ1) is 22.5. The number of fused-ring (bicyclic) bond motifs is 1. The molecule has 0 bridgehead atoms. The first-order valence-corrected chi connectivity index (χ1v) is 12.2. The van der Waals surface area contributed by atoms with Gasteiger partial charge < -0.3 is 10.1 Å². The summed E-state index contributed by atoms with van der Waals surface area (Å²) >= 11 is 0. The first-order valence-electron chi connectivity index (χ1n) is 10.8. The lowest BCUT2D eigenvalue weighted by atomic mass is 9.99. The van der Waals surface area contributed by atoms with Crippen molar-refractivity contribution >= 4 is 26.7 Å². The fourth-order valence-electron chi connectivity index (χ4n) is 4.26. The zero-order valence-electron chi connectivity index (χ0n) is 18.5. The molecule has 7 heteroatoms. The Morgan fingerprint density at radius 2 is 1.66 bits per heavy atom. The first-order chi connectivity index (χ1) is 15.3. The van der Waals surface area contributed by atoms with Crippen LogP contribution < -0.4 is 5.32 Å². The lowest BCUT2D eigenvalue weighted by molar-refractivity contribution is -0.0440. The van der Waals surface area contributed by atoms with E-state index >= 15 is 0 Å². The highest BCUT2D eigenvalue weighted by molar-refractivity contribution is 7.89. The Bertz CT molecular complexity index is 1230. The van der Waals surface area contributed by atoms with Crippen LogP contribution in [0.3, 0.4) is 0 Å². The number of nitrogens with one attached hydrogen (secondary N) is 1. The molecule has 1 aliphatic rings. The molecule has 0 spiro atoms. The molecule has 3 aromatic carbocycles. The van der Waals surface area contributed by atoms with E-state index in [4.69, 9.17) is 4.74 Å². The minimum Gasteiger partial charge on any atom is -0.373 e. The number of benzene rings is 3. The molecule has 0 radical (unpaired) electrons. The SMILES string of the molecule is CC1CN(S(=O)(=O)c2cccc(C(=O)NC(C)c3cccc4ccccc34)c2)CC(C)O1. The Morgan fingerprint density at radius 1 is 1.00 bits per heavy atom. The number of rotatable bonds is 5. The van der Waals surface area contributed by atoms with Crippen LogP contribution in [0.1, 0.15) is 42.7 Å². The summed E-state index contributed by atoms with van der Waals surface area (Å²) in [6.07, 6.45) is -0.358. The maximum Gasteiger partial charge on any atom is 0.251 e. The summed E-state index contributed by atoms with van der Waals surface area (Å²) in [5.74, 6) is -0.314. The van der Waals surface area contributed by atoms with Crippen LogP contribution in [-0.2, 0) is 14.8 Å².